The molecule has 0 radical (unpaired) electrons. The number of benzene rings is 1. The number of rotatable bonds is 3. The van der Waals surface area contributed by atoms with E-state index in [1.165, 1.54) is 0 Å². The van der Waals surface area contributed by atoms with Gasteiger partial charge in [-0.05, 0) is 24.6 Å². The summed E-state index contributed by atoms with van der Waals surface area (Å²) in [7, 11) is 0. The summed E-state index contributed by atoms with van der Waals surface area (Å²) in [5.74, 6) is -0.338. The molecule has 0 fully saturated rings. The molecule has 5 nitrogen and oxygen atoms in total. The maximum absolute atomic E-state index is 12.1. The largest absolute Gasteiger partial charge is 0.348 e. The lowest BCUT2D eigenvalue weighted by atomic mass is 10.2. The van der Waals surface area contributed by atoms with Gasteiger partial charge in [0.2, 0.25) is 0 Å². The van der Waals surface area contributed by atoms with Crippen molar-refractivity contribution in [2.75, 3.05) is 0 Å². The molecule has 2 rings (SSSR count). The average Bonchev–Trinajstić information content (AvgIpc) is 2.37. The minimum atomic E-state index is -0.429. The Bertz CT molecular complexity index is 749. The average molecular weight is 310 g/mol. The topological polar surface area (TPSA) is 77.8 Å². The zero-order chi connectivity index (χ0) is 14.7. The standard InChI is InChI=1S/C13H12ClN3O2S/c1-7-10(12(20)17-13(19)16-7)11(18)15-6-8-2-4-9(14)5-3-8/h2-5H,6H2,1H3,(H,15,18)(H2,16,17,19,20). The molecule has 0 aliphatic rings. The quantitative estimate of drug-likeness (QED) is 0.761. The number of nitrogens with one attached hydrogen (secondary N) is 3. The minimum Gasteiger partial charge on any atom is -0.348 e. The van der Waals surface area contributed by atoms with E-state index < -0.39 is 5.69 Å². The monoisotopic (exact) mass is 309 g/mol. The Labute approximate surface area is 125 Å². The van der Waals surface area contributed by atoms with Crippen LogP contribution in [-0.2, 0) is 6.54 Å². The van der Waals surface area contributed by atoms with Gasteiger partial charge < -0.3 is 10.3 Å². The van der Waals surface area contributed by atoms with E-state index in [0.717, 1.165) is 5.56 Å². The fourth-order valence-corrected chi connectivity index (χ4v) is 2.21. The van der Waals surface area contributed by atoms with E-state index in [1.54, 1.807) is 19.1 Å². The molecule has 1 heterocycles. The van der Waals surface area contributed by atoms with Crippen LogP contribution in [0.4, 0.5) is 0 Å². The molecular formula is C13H12ClN3O2S. The number of halogens is 1. The van der Waals surface area contributed by atoms with Crippen LogP contribution in [0.3, 0.4) is 0 Å². The van der Waals surface area contributed by atoms with Gasteiger partial charge in [0.1, 0.15) is 4.64 Å². The number of hydrogen-bond donors (Lipinski definition) is 3. The summed E-state index contributed by atoms with van der Waals surface area (Å²) in [6, 6.07) is 7.15. The lowest BCUT2D eigenvalue weighted by Crippen LogP contribution is -2.27. The van der Waals surface area contributed by atoms with Gasteiger partial charge in [0, 0.05) is 17.3 Å². The highest BCUT2D eigenvalue weighted by molar-refractivity contribution is 7.71. The molecule has 2 aromatic rings. The van der Waals surface area contributed by atoms with Crippen molar-refractivity contribution in [3.8, 4) is 0 Å². The molecule has 1 amide bonds. The predicted octanol–water partition coefficient (Wildman–Crippen LogP) is 2.32. The van der Waals surface area contributed by atoms with Gasteiger partial charge in [0.25, 0.3) is 5.91 Å². The molecule has 3 N–H and O–H groups in total. The molecule has 0 saturated heterocycles. The van der Waals surface area contributed by atoms with Crippen LogP contribution in [0.1, 0.15) is 21.6 Å². The van der Waals surface area contributed by atoms with E-state index in [-0.39, 0.29) is 16.1 Å². The molecule has 1 aromatic heterocycles. The number of aromatic nitrogens is 2. The van der Waals surface area contributed by atoms with Crippen LogP contribution in [0.25, 0.3) is 0 Å². The van der Waals surface area contributed by atoms with Gasteiger partial charge in [0.05, 0.1) is 5.56 Å². The molecule has 0 aliphatic carbocycles. The lowest BCUT2D eigenvalue weighted by molar-refractivity contribution is 0.0949. The number of carbonyl (C=O) groups excluding carboxylic acids is 1. The van der Waals surface area contributed by atoms with E-state index in [0.29, 0.717) is 17.3 Å². The second kappa shape index (κ2) is 6.02. The summed E-state index contributed by atoms with van der Waals surface area (Å²) in [6.45, 7) is 1.98. The maximum atomic E-state index is 12.1. The number of aromatic amines is 2. The van der Waals surface area contributed by atoms with Crippen molar-refractivity contribution in [3.05, 3.63) is 61.2 Å². The van der Waals surface area contributed by atoms with E-state index in [4.69, 9.17) is 23.8 Å². The molecular weight excluding hydrogens is 298 g/mol. The van der Waals surface area contributed by atoms with E-state index in [2.05, 4.69) is 15.3 Å². The zero-order valence-corrected chi connectivity index (χ0v) is 12.2. The SMILES string of the molecule is Cc1[nH]c(=O)[nH]c(=S)c1C(=O)NCc1ccc(Cl)cc1. The van der Waals surface area contributed by atoms with E-state index in [9.17, 15) is 9.59 Å². The van der Waals surface area contributed by atoms with Crippen LogP contribution >= 0.6 is 23.8 Å². The summed E-state index contributed by atoms with van der Waals surface area (Å²) in [5.41, 5.74) is 1.20. The van der Waals surface area contributed by atoms with Crippen LogP contribution in [0, 0.1) is 11.6 Å². The number of carbonyl (C=O) groups is 1. The Balaban J connectivity index is 2.15. The fraction of sp³-hybridized carbons (Fsp3) is 0.154. The van der Waals surface area contributed by atoms with Gasteiger partial charge in [-0.3, -0.25) is 9.78 Å². The third kappa shape index (κ3) is 3.34. The maximum Gasteiger partial charge on any atom is 0.324 e. The third-order valence-electron chi connectivity index (χ3n) is 2.72. The molecule has 1 aromatic carbocycles. The summed E-state index contributed by atoms with van der Waals surface area (Å²) < 4.78 is 0.125. The van der Waals surface area contributed by atoms with Gasteiger partial charge >= 0.3 is 5.69 Å². The normalized spacial score (nSPS) is 10.3. The van der Waals surface area contributed by atoms with Crippen molar-refractivity contribution in [2.24, 2.45) is 0 Å². The highest BCUT2D eigenvalue weighted by atomic mass is 35.5. The van der Waals surface area contributed by atoms with Crippen molar-refractivity contribution < 1.29 is 4.79 Å². The van der Waals surface area contributed by atoms with Crippen LogP contribution in [0.5, 0.6) is 0 Å². The number of hydrogen-bond acceptors (Lipinski definition) is 3. The van der Waals surface area contributed by atoms with Crippen molar-refractivity contribution in [1.29, 1.82) is 0 Å². The molecule has 0 saturated carbocycles. The van der Waals surface area contributed by atoms with Crippen molar-refractivity contribution in [2.45, 2.75) is 13.5 Å². The van der Waals surface area contributed by atoms with Gasteiger partial charge in [-0.1, -0.05) is 36.0 Å². The Hall–Kier alpha value is -1.92. The Morgan fingerprint density at radius 1 is 1.30 bits per heavy atom. The number of aryl methyl sites for hydroxylation is 1. The molecule has 0 aliphatic heterocycles. The second-order valence-corrected chi connectivity index (χ2v) is 5.06. The zero-order valence-electron chi connectivity index (χ0n) is 10.6. The van der Waals surface area contributed by atoms with Gasteiger partial charge in [-0.25, -0.2) is 4.79 Å². The third-order valence-corrected chi connectivity index (χ3v) is 3.28. The molecule has 7 heteroatoms. The molecule has 0 unspecified atom stereocenters. The summed E-state index contributed by atoms with van der Waals surface area (Å²) in [6.07, 6.45) is 0. The predicted molar refractivity (Wildman–Crippen MR) is 79.6 cm³/mol. The molecule has 0 atom stereocenters. The van der Waals surface area contributed by atoms with Gasteiger partial charge in [0.15, 0.2) is 0 Å². The summed E-state index contributed by atoms with van der Waals surface area (Å²) in [5, 5.41) is 3.38. The van der Waals surface area contributed by atoms with Crippen LogP contribution in [0.15, 0.2) is 29.1 Å². The first-order chi connectivity index (χ1) is 9.47. The molecule has 104 valence electrons. The smallest absolute Gasteiger partial charge is 0.324 e. The van der Waals surface area contributed by atoms with Gasteiger partial charge in [-0.15, -0.1) is 0 Å². The van der Waals surface area contributed by atoms with Crippen molar-refractivity contribution in [1.82, 2.24) is 15.3 Å². The second-order valence-electron chi connectivity index (χ2n) is 4.22. The molecule has 0 spiro atoms. The fourth-order valence-electron chi connectivity index (χ4n) is 1.75. The Kier molecular flexibility index (Phi) is 4.36. The number of amides is 1. The van der Waals surface area contributed by atoms with Crippen LogP contribution in [0.2, 0.25) is 5.02 Å². The molecule has 20 heavy (non-hydrogen) atoms. The first-order valence-corrected chi connectivity index (χ1v) is 6.62. The first-order valence-electron chi connectivity index (χ1n) is 5.83. The molecule has 0 bridgehead atoms. The minimum absolute atomic E-state index is 0.125. The Morgan fingerprint density at radius 3 is 2.55 bits per heavy atom. The summed E-state index contributed by atoms with van der Waals surface area (Å²) >= 11 is 10.8. The van der Waals surface area contributed by atoms with Gasteiger partial charge in [-0.2, -0.15) is 0 Å². The highest BCUT2D eigenvalue weighted by Gasteiger charge is 2.12. The van der Waals surface area contributed by atoms with Crippen molar-refractivity contribution in [3.63, 3.8) is 0 Å². The number of H-pyrrole nitrogens is 2. The van der Waals surface area contributed by atoms with Crippen molar-refractivity contribution >= 4 is 29.7 Å². The first kappa shape index (κ1) is 14.5. The summed E-state index contributed by atoms with van der Waals surface area (Å²) in [4.78, 5) is 28.2. The van der Waals surface area contributed by atoms with E-state index in [1.807, 2.05) is 12.1 Å². The van der Waals surface area contributed by atoms with Crippen LogP contribution < -0.4 is 11.0 Å². The lowest BCUT2D eigenvalue weighted by Gasteiger charge is -2.07. The van der Waals surface area contributed by atoms with Crippen LogP contribution in [-0.4, -0.2) is 15.9 Å². The highest BCUT2D eigenvalue weighted by Crippen LogP contribution is 2.10. The Morgan fingerprint density at radius 2 is 1.95 bits per heavy atom. The van der Waals surface area contributed by atoms with E-state index >= 15 is 0 Å².